The van der Waals surface area contributed by atoms with Crippen LogP contribution in [0.1, 0.15) is 85.1 Å². The molecule has 0 unspecified atom stereocenters. The van der Waals surface area contributed by atoms with Gasteiger partial charge in [-0.25, -0.2) is 0 Å². The first-order chi connectivity index (χ1) is 19.0. The molecular formula is C35H58O4Si2. The second-order valence-corrected chi connectivity index (χ2v) is 24.6. The summed E-state index contributed by atoms with van der Waals surface area (Å²) in [5.41, 5.74) is 1.36. The van der Waals surface area contributed by atoms with Crippen molar-refractivity contribution in [2.45, 2.75) is 134 Å². The topological polar surface area (TPSA) is 55.8 Å². The van der Waals surface area contributed by atoms with E-state index < -0.39 is 16.6 Å². The van der Waals surface area contributed by atoms with Crippen LogP contribution in [-0.2, 0) is 20.4 Å². The third-order valence-electron chi connectivity index (χ3n) is 10.4. The van der Waals surface area contributed by atoms with E-state index >= 15 is 0 Å². The summed E-state index contributed by atoms with van der Waals surface area (Å²) < 4.78 is 13.3. The number of rotatable bonds is 10. The van der Waals surface area contributed by atoms with Gasteiger partial charge in [0.25, 0.3) is 0 Å². The standard InChI is InChI=1S/C35H58O4Si2/c1-34(2,3)41(8,9)39-32-25-31-29(19-15-10-11-16-20-33(36)38-31)30(32)24-23-28(26-35(4,5)40(6,7)37)22-21-27-17-13-12-14-18-27/h10,12-15,17-18,23-24,28-32,37H,11,16,19-22,25-26H2,1-9H3/b15-10-,24-23+/t28-,29+,30+,31-,32+/m0/s1. The van der Waals surface area contributed by atoms with Gasteiger partial charge in [-0.15, -0.1) is 0 Å². The maximum Gasteiger partial charge on any atom is 0.306 e. The Kier molecular flexibility index (Phi) is 11.5. The van der Waals surface area contributed by atoms with Crippen LogP contribution in [0.3, 0.4) is 0 Å². The SMILES string of the molecule is CC(C)(C[C@H](/C=C/[C@@H]1[C@H]2C/C=C\CCCC(=O)O[C@H]2C[C@H]1O[Si](C)(C)C(C)(C)C)CCc1ccccc1)[Si](C)(C)O. The fourth-order valence-corrected chi connectivity index (χ4v) is 8.02. The van der Waals surface area contributed by atoms with E-state index in [0.29, 0.717) is 12.3 Å². The van der Waals surface area contributed by atoms with Crippen molar-refractivity contribution in [3.63, 3.8) is 0 Å². The van der Waals surface area contributed by atoms with Crippen LogP contribution in [0.2, 0.25) is 36.3 Å². The van der Waals surface area contributed by atoms with Crippen molar-refractivity contribution in [1.29, 1.82) is 0 Å². The molecule has 1 aliphatic heterocycles. The molecule has 0 saturated heterocycles. The predicted octanol–water partition coefficient (Wildman–Crippen LogP) is 9.23. The van der Waals surface area contributed by atoms with Crippen molar-refractivity contribution >= 4 is 22.6 Å². The van der Waals surface area contributed by atoms with Gasteiger partial charge in [0.2, 0.25) is 0 Å². The van der Waals surface area contributed by atoms with Crippen LogP contribution in [-0.4, -0.2) is 39.6 Å². The molecule has 1 N–H and O–H groups in total. The van der Waals surface area contributed by atoms with Crippen LogP contribution in [0.4, 0.5) is 0 Å². The number of allylic oxidation sites excluding steroid dienone is 3. The molecule has 1 aromatic rings. The van der Waals surface area contributed by atoms with E-state index in [2.05, 4.69) is 115 Å². The highest BCUT2D eigenvalue weighted by atomic mass is 28.4. The van der Waals surface area contributed by atoms with Crippen molar-refractivity contribution < 1.29 is 18.8 Å². The van der Waals surface area contributed by atoms with Gasteiger partial charge in [0.05, 0.1) is 6.10 Å². The number of fused-ring (bicyclic) bond motifs is 1. The number of hydrogen-bond acceptors (Lipinski definition) is 4. The molecule has 5 atom stereocenters. The Hall–Kier alpha value is -1.48. The molecule has 1 aromatic carbocycles. The normalized spacial score (nSPS) is 26.4. The number of aryl methyl sites for hydroxylation is 1. The second-order valence-electron chi connectivity index (χ2n) is 15.3. The van der Waals surface area contributed by atoms with E-state index in [1.54, 1.807) is 0 Å². The van der Waals surface area contributed by atoms with Gasteiger partial charge in [-0.1, -0.05) is 89.3 Å². The number of ether oxygens (including phenoxy) is 1. The molecule has 230 valence electrons. The first-order valence-electron chi connectivity index (χ1n) is 16.0. The van der Waals surface area contributed by atoms with Gasteiger partial charge in [0, 0.05) is 24.7 Å². The average molecular weight is 599 g/mol. The molecule has 0 spiro atoms. The molecule has 0 aromatic heterocycles. The third-order valence-corrected chi connectivity index (χ3v) is 18.4. The second kappa shape index (κ2) is 13.9. The Labute approximate surface area is 253 Å². The van der Waals surface area contributed by atoms with E-state index in [9.17, 15) is 9.59 Å². The summed E-state index contributed by atoms with van der Waals surface area (Å²) >= 11 is 0. The lowest BCUT2D eigenvalue weighted by Crippen LogP contribution is -2.45. The van der Waals surface area contributed by atoms with Gasteiger partial charge in [-0.05, 0) is 86.3 Å². The summed E-state index contributed by atoms with van der Waals surface area (Å²) in [6.45, 7) is 20.1. The van der Waals surface area contributed by atoms with Gasteiger partial charge in [0.15, 0.2) is 16.6 Å². The highest BCUT2D eigenvalue weighted by molar-refractivity contribution is 6.74. The first-order valence-corrected chi connectivity index (χ1v) is 21.8. The van der Waals surface area contributed by atoms with Crippen LogP contribution in [0.5, 0.6) is 0 Å². The van der Waals surface area contributed by atoms with Gasteiger partial charge >= 0.3 is 5.97 Å². The number of hydrogen-bond donors (Lipinski definition) is 1. The molecular weight excluding hydrogens is 541 g/mol. The minimum absolute atomic E-state index is 0.0375. The molecule has 41 heavy (non-hydrogen) atoms. The fourth-order valence-electron chi connectivity index (χ4n) is 5.89. The Morgan fingerprint density at radius 3 is 2.39 bits per heavy atom. The lowest BCUT2D eigenvalue weighted by Gasteiger charge is -2.40. The molecule has 0 bridgehead atoms. The predicted molar refractivity (Wildman–Crippen MR) is 177 cm³/mol. The molecule has 1 aliphatic carbocycles. The summed E-state index contributed by atoms with van der Waals surface area (Å²) in [4.78, 5) is 23.9. The summed E-state index contributed by atoms with van der Waals surface area (Å²) in [5, 5.41) is -0.00343. The van der Waals surface area contributed by atoms with Crippen LogP contribution < -0.4 is 0 Å². The molecule has 1 heterocycles. The number of benzene rings is 1. The summed E-state index contributed by atoms with van der Waals surface area (Å²) in [7, 11) is -4.40. The van der Waals surface area contributed by atoms with Crippen molar-refractivity contribution in [3.05, 3.63) is 60.2 Å². The van der Waals surface area contributed by atoms with Crippen molar-refractivity contribution in [1.82, 2.24) is 0 Å². The van der Waals surface area contributed by atoms with E-state index in [1.807, 2.05) is 0 Å². The van der Waals surface area contributed by atoms with Gasteiger partial charge < -0.3 is 14.0 Å². The van der Waals surface area contributed by atoms with E-state index in [4.69, 9.17) is 9.16 Å². The van der Waals surface area contributed by atoms with Crippen LogP contribution in [0.25, 0.3) is 0 Å². The van der Waals surface area contributed by atoms with Crippen molar-refractivity contribution in [2.24, 2.45) is 17.8 Å². The summed E-state index contributed by atoms with van der Waals surface area (Å²) in [5.74, 6) is 0.677. The molecule has 6 heteroatoms. The Morgan fingerprint density at radius 1 is 1.07 bits per heavy atom. The van der Waals surface area contributed by atoms with Crippen molar-refractivity contribution in [2.75, 3.05) is 0 Å². The number of carbonyl (C=O) groups is 1. The minimum atomic E-state index is -2.36. The highest BCUT2D eigenvalue weighted by Crippen LogP contribution is 2.47. The zero-order chi connectivity index (χ0) is 30.5. The molecule has 2 aliphatic rings. The van der Waals surface area contributed by atoms with Crippen LogP contribution >= 0.6 is 0 Å². The van der Waals surface area contributed by atoms with E-state index in [-0.39, 0.29) is 40.1 Å². The molecule has 0 radical (unpaired) electrons. The molecule has 1 saturated carbocycles. The Bertz CT molecular complexity index is 1030. The quantitative estimate of drug-likeness (QED) is 0.166. The Balaban J connectivity index is 1.94. The van der Waals surface area contributed by atoms with Gasteiger partial charge in [0.1, 0.15) is 6.10 Å². The van der Waals surface area contributed by atoms with Crippen molar-refractivity contribution in [3.8, 4) is 0 Å². The maximum absolute atomic E-state index is 12.7. The largest absolute Gasteiger partial charge is 0.462 e. The third kappa shape index (κ3) is 9.51. The number of carbonyl (C=O) groups excluding carboxylic acids is 1. The van der Waals surface area contributed by atoms with E-state index in [0.717, 1.165) is 44.9 Å². The molecule has 0 amide bonds. The molecule has 1 fully saturated rings. The average Bonchev–Trinajstić information content (AvgIpc) is 3.16. The smallest absolute Gasteiger partial charge is 0.306 e. The zero-order valence-electron chi connectivity index (χ0n) is 27.4. The lowest BCUT2D eigenvalue weighted by atomic mass is 9.86. The maximum atomic E-state index is 12.7. The highest BCUT2D eigenvalue weighted by Gasteiger charge is 2.48. The van der Waals surface area contributed by atoms with Gasteiger partial charge in [-0.2, -0.15) is 0 Å². The summed E-state index contributed by atoms with van der Waals surface area (Å²) in [6.07, 6.45) is 16.3. The van der Waals surface area contributed by atoms with Gasteiger partial charge in [-0.3, -0.25) is 4.79 Å². The zero-order valence-corrected chi connectivity index (χ0v) is 29.4. The fraction of sp³-hybridized carbons (Fsp3) is 0.686. The first kappa shape index (κ1) is 34.0. The Morgan fingerprint density at radius 2 is 1.76 bits per heavy atom. The monoisotopic (exact) mass is 598 g/mol. The van der Waals surface area contributed by atoms with Crippen LogP contribution in [0, 0.1) is 17.8 Å². The van der Waals surface area contributed by atoms with Crippen LogP contribution in [0.15, 0.2) is 54.6 Å². The summed E-state index contributed by atoms with van der Waals surface area (Å²) in [6, 6.07) is 10.7. The minimum Gasteiger partial charge on any atom is -0.462 e. The number of esters is 1. The lowest BCUT2D eigenvalue weighted by molar-refractivity contribution is -0.151. The molecule has 3 rings (SSSR count). The molecule has 4 nitrogen and oxygen atoms in total. The van der Waals surface area contributed by atoms with E-state index in [1.165, 1.54) is 5.56 Å².